The molecule has 2 saturated heterocycles. The molecule has 2 fully saturated rings. The van der Waals surface area contributed by atoms with Crippen LogP contribution in [0.5, 0.6) is 0 Å². The van der Waals surface area contributed by atoms with Gasteiger partial charge in [0, 0.05) is 19.0 Å². The van der Waals surface area contributed by atoms with Gasteiger partial charge in [0.25, 0.3) is 0 Å². The summed E-state index contributed by atoms with van der Waals surface area (Å²) in [7, 11) is 0. The minimum Gasteiger partial charge on any atom is -0.383 e. The van der Waals surface area contributed by atoms with Crippen LogP contribution in [0.15, 0.2) is 29.4 Å². The van der Waals surface area contributed by atoms with Crippen LogP contribution >= 0.6 is 0 Å². The van der Waals surface area contributed by atoms with E-state index in [1.54, 1.807) is 18.2 Å². The van der Waals surface area contributed by atoms with Gasteiger partial charge in [-0.2, -0.15) is 0 Å². The standard InChI is InChI=1S/C15H15FN2O/c16-14-6-2-1-4-12(14)5-3-9-19-17-15-11-18-8-7-13(15)10-18/h1-2,4,6,13H,7-11H2/b17-15-. The van der Waals surface area contributed by atoms with Gasteiger partial charge in [-0.05, 0) is 25.1 Å². The van der Waals surface area contributed by atoms with Gasteiger partial charge in [0.2, 0.25) is 0 Å². The maximum atomic E-state index is 13.3. The first-order valence-corrected chi connectivity index (χ1v) is 6.47. The van der Waals surface area contributed by atoms with Crippen LogP contribution in [-0.4, -0.2) is 36.9 Å². The molecule has 0 radical (unpaired) electrons. The van der Waals surface area contributed by atoms with Crippen LogP contribution in [0.3, 0.4) is 0 Å². The van der Waals surface area contributed by atoms with Gasteiger partial charge in [-0.3, -0.25) is 4.90 Å². The van der Waals surface area contributed by atoms with E-state index in [4.69, 9.17) is 4.84 Å². The minimum absolute atomic E-state index is 0.199. The first kappa shape index (κ1) is 12.2. The van der Waals surface area contributed by atoms with E-state index in [9.17, 15) is 4.39 Å². The fraction of sp³-hybridized carbons (Fsp3) is 0.400. The van der Waals surface area contributed by atoms with Crippen molar-refractivity contribution in [3.8, 4) is 11.8 Å². The fourth-order valence-corrected chi connectivity index (χ4v) is 2.55. The van der Waals surface area contributed by atoms with Crippen molar-refractivity contribution in [1.82, 2.24) is 4.90 Å². The topological polar surface area (TPSA) is 24.8 Å². The third kappa shape index (κ3) is 2.77. The predicted octanol–water partition coefficient (Wildman–Crippen LogP) is 1.89. The summed E-state index contributed by atoms with van der Waals surface area (Å²) in [4.78, 5) is 7.57. The van der Waals surface area contributed by atoms with Crippen LogP contribution in [0.4, 0.5) is 4.39 Å². The second-order valence-corrected chi connectivity index (χ2v) is 4.86. The minimum atomic E-state index is -0.304. The fourth-order valence-electron chi connectivity index (χ4n) is 2.55. The summed E-state index contributed by atoms with van der Waals surface area (Å²) in [5.74, 6) is 5.79. The van der Waals surface area contributed by atoms with Gasteiger partial charge in [0.1, 0.15) is 5.82 Å². The van der Waals surface area contributed by atoms with Crippen LogP contribution in [0.2, 0.25) is 0 Å². The Bertz CT molecular complexity index is 559. The highest BCUT2D eigenvalue weighted by Crippen LogP contribution is 2.25. The van der Waals surface area contributed by atoms with E-state index in [0.29, 0.717) is 11.5 Å². The molecule has 3 nitrogen and oxygen atoms in total. The molecule has 1 aromatic rings. The second kappa shape index (κ2) is 5.41. The maximum Gasteiger partial charge on any atom is 0.177 e. The van der Waals surface area contributed by atoms with Crippen LogP contribution in [0.25, 0.3) is 0 Å². The highest BCUT2D eigenvalue weighted by Gasteiger charge is 2.35. The Morgan fingerprint density at radius 2 is 2.32 bits per heavy atom. The molecule has 2 aliphatic rings. The molecule has 0 spiro atoms. The lowest BCUT2D eigenvalue weighted by Crippen LogP contribution is -2.23. The molecule has 0 amide bonds. The molecule has 2 atom stereocenters. The van der Waals surface area contributed by atoms with E-state index in [0.717, 1.165) is 18.8 Å². The van der Waals surface area contributed by atoms with Gasteiger partial charge in [-0.25, -0.2) is 4.39 Å². The number of nitrogens with zero attached hydrogens (tertiary/aromatic N) is 2. The number of halogens is 1. The van der Waals surface area contributed by atoms with Crippen molar-refractivity contribution in [2.24, 2.45) is 11.1 Å². The van der Waals surface area contributed by atoms with E-state index in [1.165, 1.54) is 19.0 Å². The van der Waals surface area contributed by atoms with Crippen molar-refractivity contribution in [1.29, 1.82) is 0 Å². The molecule has 2 bridgehead atoms. The lowest BCUT2D eigenvalue weighted by Gasteiger charge is -2.12. The predicted molar refractivity (Wildman–Crippen MR) is 71.2 cm³/mol. The van der Waals surface area contributed by atoms with Gasteiger partial charge in [-0.15, -0.1) is 0 Å². The molecule has 3 rings (SSSR count). The van der Waals surface area contributed by atoms with Gasteiger partial charge in [-0.1, -0.05) is 29.1 Å². The summed E-state index contributed by atoms with van der Waals surface area (Å²) in [5, 5.41) is 4.14. The van der Waals surface area contributed by atoms with Gasteiger partial charge in [0.05, 0.1) is 11.3 Å². The summed E-state index contributed by atoms with van der Waals surface area (Å²) in [6, 6.07) is 6.46. The van der Waals surface area contributed by atoms with Crippen molar-refractivity contribution in [2.75, 3.05) is 26.2 Å². The van der Waals surface area contributed by atoms with E-state index in [1.807, 2.05) is 0 Å². The summed E-state index contributed by atoms with van der Waals surface area (Å²) in [5.41, 5.74) is 1.52. The molecule has 4 heteroatoms. The molecular weight excluding hydrogens is 243 g/mol. The number of piperidine rings is 1. The van der Waals surface area contributed by atoms with Crippen LogP contribution < -0.4 is 0 Å². The Morgan fingerprint density at radius 3 is 3.05 bits per heavy atom. The Balaban J connectivity index is 1.52. The van der Waals surface area contributed by atoms with Crippen molar-refractivity contribution in [3.05, 3.63) is 35.6 Å². The summed E-state index contributed by atoms with van der Waals surface area (Å²) >= 11 is 0. The second-order valence-electron chi connectivity index (χ2n) is 4.86. The molecule has 0 saturated carbocycles. The van der Waals surface area contributed by atoms with E-state index >= 15 is 0 Å². The Hall–Kier alpha value is -1.86. The first-order chi connectivity index (χ1) is 9.33. The van der Waals surface area contributed by atoms with E-state index < -0.39 is 0 Å². The molecule has 98 valence electrons. The number of benzene rings is 1. The zero-order valence-electron chi connectivity index (χ0n) is 10.6. The van der Waals surface area contributed by atoms with Crippen molar-refractivity contribution >= 4 is 5.71 Å². The molecule has 2 heterocycles. The van der Waals surface area contributed by atoms with E-state index in [-0.39, 0.29) is 12.4 Å². The zero-order valence-corrected chi connectivity index (χ0v) is 10.6. The maximum absolute atomic E-state index is 13.3. The molecule has 2 unspecified atom stereocenters. The lowest BCUT2D eigenvalue weighted by molar-refractivity contribution is 0.177. The molecule has 1 aromatic carbocycles. The largest absolute Gasteiger partial charge is 0.383 e. The Morgan fingerprint density at radius 1 is 1.42 bits per heavy atom. The van der Waals surface area contributed by atoms with Gasteiger partial charge >= 0.3 is 0 Å². The summed E-state index contributed by atoms with van der Waals surface area (Å²) in [6.45, 7) is 3.41. The molecule has 2 aliphatic heterocycles. The van der Waals surface area contributed by atoms with Crippen molar-refractivity contribution in [2.45, 2.75) is 6.42 Å². The molecular formula is C15H15FN2O. The Labute approximate surface area is 112 Å². The number of oxime groups is 1. The number of hydrogen-bond donors (Lipinski definition) is 0. The molecule has 0 N–H and O–H groups in total. The van der Waals surface area contributed by atoms with Crippen LogP contribution in [0.1, 0.15) is 12.0 Å². The SMILES string of the molecule is Fc1ccccc1C#CCO/N=C1/CN2CCC1C2. The average Bonchev–Trinajstić information content (AvgIpc) is 3.03. The quantitative estimate of drug-likeness (QED) is 0.460. The number of rotatable bonds is 2. The normalized spacial score (nSPS) is 26.3. The molecule has 19 heavy (non-hydrogen) atoms. The number of hydrogen-bond acceptors (Lipinski definition) is 3. The van der Waals surface area contributed by atoms with Crippen LogP contribution in [-0.2, 0) is 4.84 Å². The third-order valence-electron chi connectivity index (χ3n) is 3.54. The Kier molecular flexibility index (Phi) is 3.47. The number of fused-ring (bicyclic) bond motifs is 2. The highest BCUT2D eigenvalue weighted by atomic mass is 19.1. The van der Waals surface area contributed by atoms with Crippen LogP contribution in [0, 0.1) is 23.6 Å². The molecule has 0 aromatic heterocycles. The average molecular weight is 258 g/mol. The first-order valence-electron chi connectivity index (χ1n) is 6.47. The molecule has 0 aliphatic carbocycles. The summed E-state index contributed by atoms with van der Waals surface area (Å²) < 4.78 is 13.3. The zero-order chi connectivity index (χ0) is 13.1. The van der Waals surface area contributed by atoms with Gasteiger partial charge in [0.15, 0.2) is 6.61 Å². The van der Waals surface area contributed by atoms with Gasteiger partial charge < -0.3 is 4.84 Å². The summed E-state index contributed by atoms with van der Waals surface area (Å²) in [6.07, 6.45) is 1.18. The smallest absolute Gasteiger partial charge is 0.177 e. The van der Waals surface area contributed by atoms with Crippen molar-refractivity contribution in [3.63, 3.8) is 0 Å². The monoisotopic (exact) mass is 258 g/mol. The highest BCUT2D eigenvalue weighted by molar-refractivity contribution is 5.91. The van der Waals surface area contributed by atoms with Crippen molar-refractivity contribution < 1.29 is 9.23 Å². The van der Waals surface area contributed by atoms with E-state index in [2.05, 4.69) is 21.9 Å². The third-order valence-corrected chi connectivity index (χ3v) is 3.54. The lowest BCUT2D eigenvalue weighted by atomic mass is 10.0.